The number of nitrogens with zero attached hydrogens (tertiary/aromatic N) is 4. The monoisotopic (exact) mass is 503 g/mol. The second kappa shape index (κ2) is 9.14. The maximum Gasteiger partial charge on any atom is 0.226 e. The van der Waals surface area contributed by atoms with Crippen LogP contribution in [0.2, 0.25) is 0 Å². The number of hydrogen-bond donors (Lipinski definition) is 1. The fraction of sp³-hybridized carbons (Fsp3) is 0.393. The van der Waals surface area contributed by atoms with E-state index in [0.717, 1.165) is 28.9 Å². The second-order valence-electron chi connectivity index (χ2n) is 10.5. The number of ether oxygens (including phenoxy) is 3. The first-order chi connectivity index (χ1) is 17.7. The highest BCUT2D eigenvalue weighted by Crippen LogP contribution is 2.49. The second-order valence-corrected chi connectivity index (χ2v) is 10.5. The highest BCUT2D eigenvalue weighted by Gasteiger charge is 2.43. The molecule has 0 spiro atoms. The number of Topliss-reactive ketones (excluding diaryl/α,β-unsaturated/α-hetero) is 1. The topological polar surface area (TPSA) is 90.7 Å². The number of aromatic nitrogens is 3. The minimum absolute atomic E-state index is 0.0821. The maximum atomic E-state index is 13.6. The summed E-state index contributed by atoms with van der Waals surface area (Å²) in [7, 11) is 8.78. The first kappa shape index (κ1) is 24.7. The van der Waals surface area contributed by atoms with Crippen molar-refractivity contribution in [3.63, 3.8) is 0 Å². The molecule has 0 bridgehead atoms. The molecule has 1 aliphatic carbocycles. The molecule has 0 saturated heterocycles. The van der Waals surface area contributed by atoms with Gasteiger partial charge in [0.15, 0.2) is 23.1 Å². The van der Waals surface area contributed by atoms with Crippen LogP contribution in [0.4, 0.5) is 11.6 Å². The van der Waals surface area contributed by atoms with Crippen molar-refractivity contribution in [1.82, 2.24) is 14.8 Å². The summed E-state index contributed by atoms with van der Waals surface area (Å²) in [5.74, 6) is 2.90. The minimum Gasteiger partial charge on any atom is -0.496 e. The Bertz CT molecular complexity index is 1390. The molecule has 2 heterocycles. The minimum atomic E-state index is -0.535. The molecule has 1 N–H and O–H groups in total. The molecule has 0 radical (unpaired) electrons. The van der Waals surface area contributed by atoms with Crippen molar-refractivity contribution in [3.8, 4) is 28.6 Å². The van der Waals surface area contributed by atoms with Crippen molar-refractivity contribution in [3.05, 3.63) is 53.2 Å². The molecule has 5 rings (SSSR count). The summed E-state index contributed by atoms with van der Waals surface area (Å²) in [6.45, 7) is 4.22. The van der Waals surface area contributed by atoms with E-state index in [2.05, 4.69) is 19.2 Å². The van der Waals surface area contributed by atoms with Crippen molar-refractivity contribution >= 4 is 17.4 Å². The van der Waals surface area contributed by atoms with Crippen LogP contribution in [0.5, 0.6) is 17.2 Å². The van der Waals surface area contributed by atoms with E-state index in [1.54, 1.807) is 32.1 Å². The average Bonchev–Trinajstić information content (AvgIpc) is 3.29. The van der Waals surface area contributed by atoms with Crippen LogP contribution >= 0.6 is 0 Å². The molecule has 0 amide bonds. The van der Waals surface area contributed by atoms with Gasteiger partial charge in [-0.3, -0.25) is 4.79 Å². The number of carbonyl (C=O) groups excluding carboxylic acids is 1. The molecule has 2 aliphatic rings. The zero-order valence-corrected chi connectivity index (χ0v) is 22.4. The molecule has 1 aromatic heterocycles. The van der Waals surface area contributed by atoms with E-state index >= 15 is 0 Å². The highest BCUT2D eigenvalue weighted by molar-refractivity contribution is 6.00. The third kappa shape index (κ3) is 4.28. The molecular formula is C28H33N5O4. The summed E-state index contributed by atoms with van der Waals surface area (Å²) in [5, 5.41) is 8.34. The normalized spacial score (nSPS) is 18.0. The van der Waals surface area contributed by atoms with Crippen LogP contribution < -0.4 is 24.4 Å². The van der Waals surface area contributed by atoms with Crippen LogP contribution in [0, 0.1) is 5.41 Å². The zero-order chi connectivity index (χ0) is 26.5. The number of fused-ring (bicyclic) bond motifs is 1. The van der Waals surface area contributed by atoms with Crippen LogP contribution in [0.1, 0.15) is 38.3 Å². The summed E-state index contributed by atoms with van der Waals surface area (Å²) in [6.07, 6.45) is 1.17. The fourth-order valence-electron chi connectivity index (χ4n) is 5.19. The summed E-state index contributed by atoms with van der Waals surface area (Å²) in [6, 6.07) is 11.2. The van der Waals surface area contributed by atoms with Gasteiger partial charge in [-0.25, -0.2) is 4.68 Å². The average molecular weight is 504 g/mol. The van der Waals surface area contributed by atoms with Crippen molar-refractivity contribution in [2.24, 2.45) is 5.41 Å². The van der Waals surface area contributed by atoms with Crippen LogP contribution in [0.15, 0.2) is 47.7 Å². The fourth-order valence-corrected chi connectivity index (χ4v) is 5.19. The van der Waals surface area contributed by atoms with Crippen LogP contribution in [-0.4, -0.2) is 56.0 Å². The molecule has 194 valence electrons. The largest absolute Gasteiger partial charge is 0.496 e. The lowest BCUT2D eigenvalue weighted by Crippen LogP contribution is -2.36. The summed E-state index contributed by atoms with van der Waals surface area (Å²) in [5.41, 5.74) is 4.11. The van der Waals surface area contributed by atoms with Crippen LogP contribution in [0.25, 0.3) is 11.4 Å². The Morgan fingerprint density at radius 1 is 0.973 bits per heavy atom. The molecular weight excluding hydrogens is 470 g/mol. The quantitative estimate of drug-likeness (QED) is 0.518. The van der Waals surface area contributed by atoms with E-state index in [1.807, 2.05) is 49.3 Å². The standard InChI is InChI=1S/C28H33N5O4/c1-28(2)14-19-24(20(34)15-28)25(18-12-22(36-6)23(37-7)13-21(18)35-5)33-27(29-19)30-26(31-33)16-8-10-17(11-9-16)32(3)4/h8-13,25H,14-15H2,1-7H3,(H,29,30,31). The number of methoxy groups -OCH3 is 3. The molecule has 1 aliphatic heterocycles. The first-order valence-electron chi connectivity index (χ1n) is 12.2. The number of hydrogen-bond acceptors (Lipinski definition) is 8. The van der Waals surface area contributed by atoms with Gasteiger partial charge in [-0.1, -0.05) is 13.8 Å². The summed E-state index contributed by atoms with van der Waals surface area (Å²) < 4.78 is 18.7. The highest BCUT2D eigenvalue weighted by atomic mass is 16.5. The Morgan fingerprint density at radius 2 is 1.62 bits per heavy atom. The third-order valence-corrected chi connectivity index (χ3v) is 7.00. The molecule has 1 unspecified atom stereocenters. The molecule has 37 heavy (non-hydrogen) atoms. The van der Waals surface area contributed by atoms with E-state index in [9.17, 15) is 4.79 Å². The lowest BCUT2D eigenvalue weighted by Gasteiger charge is -2.38. The molecule has 3 aromatic rings. The molecule has 9 heteroatoms. The Balaban J connectivity index is 1.70. The van der Waals surface area contributed by atoms with Gasteiger partial charge in [0, 0.05) is 54.7 Å². The van der Waals surface area contributed by atoms with Crippen molar-refractivity contribution < 1.29 is 19.0 Å². The SMILES string of the molecule is COc1cc(OC)c(C2C3=C(CC(C)(C)CC3=O)Nc3nc(-c4ccc(N(C)C)cc4)nn32)cc1OC. The predicted octanol–water partition coefficient (Wildman–Crippen LogP) is 4.70. The van der Waals surface area contributed by atoms with Crippen molar-refractivity contribution in [1.29, 1.82) is 0 Å². The van der Waals surface area contributed by atoms with Crippen molar-refractivity contribution in [2.75, 3.05) is 45.6 Å². The smallest absolute Gasteiger partial charge is 0.226 e. The lowest BCUT2D eigenvalue weighted by atomic mass is 9.73. The van der Waals surface area contributed by atoms with Gasteiger partial charge in [-0.05, 0) is 42.2 Å². The number of carbonyl (C=O) groups is 1. The predicted molar refractivity (Wildman–Crippen MR) is 143 cm³/mol. The summed E-state index contributed by atoms with van der Waals surface area (Å²) >= 11 is 0. The number of benzene rings is 2. The Morgan fingerprint density at radius 3 is 2.24 bits per heavy atom. The summed E-state index contributed by atoms with van der Waals surface area (Å²) in [4.78, 5) is 20.5. The third-order valence-electron chi connectivity index (χ3n) is 7.00. The molecule has 9 nitrogen and oxygen atoms in total. The van der Waals surface area contributed by atoms with Crippen LogP contribution in [-0.2, 0) is 4.79 Å². The zero-order valence-electron chi connectivity index (χ0n) is 22.4. The number of nitrogens with one attached hydrogen (secondary N) is 1. The van der Waals surface area contributed by atoms with Gasteiger partial charge in [-0.2, -0.15) is 4.98 Å². The van der Waals surface area contributed by atoms with Gasteiger partial charge >= 0.3 is 0 Å². The van der Waals surface area contributed by atoms with E-state index in [1.165, 1.54) is 0 Å². The van der Waals surface area contributed by atoms with Crippen LogP contribution in [0.3, 0.4) is 0 Å². The molecule has 1 atom stereocenters. The van der Waals surface area contributed by atoms with Gasteiger partial charge in [0.05, 0.1) is 21.3 Å². The molecule has 0 fully saturated rings. The van der Waals surface area contributed by atoms with E-state index in [-0.39, 0.29) is 11.2 Å². The number of rotatable bonds is 6. The van der Waals surface area contributed by atoms with Gasteiger partial charge in [0.1, 0.15) is 11.8 Å². The number of ketones is 1. The maximum absolute atomic E-state index is 13.6. The van der Waals surface area contributed by atoms with Gasteiger partial charge in [-0.15, -0.1) is 5.10 Å². The number of anilines is 2. The Hall–Kier alpha value is -4.01. The van der Waals surface area contributed by atoms with E-state index < -0.39 is 6.04 Å². The van der Waals surface area contributed by atoms with Crippen molar-refractivity contribution in [2.45, 2.75) is 32.7 Å². The molecule has 0 saturated carbocycles. The van der Waals surface area contributed by atoms with Gasteiger partial charge < -0.3 is 24.4 Å². The van der Waals surface area contributed by atoms with E-state index in [0.29, 0.717) is 41.0 Å². The Labute approximate surface area is 217 Å². The Kier molecular flexibility index (Phi) is 6.09. The van der Waals surface area contributed by atoms with Gasteiger partial charge in [0.25, 0.3) is 0 Å². The lowest BCUT2D eigenvalue weighted by molar-refractivity contribution is -0.118. The van der Waals surface area contributed by atoms with E-state index in [4.69, 9.17) is 24.3 Å². The molecule has 2 aromatic carbocycles. The van der Waals surface area contributed by atoms with Gasteiger partial charge in [0.2, 0.25) is 5.95 Å². The first-order valence-corrected chi connectivity index (χ1v) is 12.2. The number of allylic oxidation sites excluding steroid dienone is 2.